The fraction of sp³-hybridized carbons (Fsp3) is 0.400. The summed E-state index contributed by atoms with van der Waals surface area (Å²) < 4.78 is 6.11. The van der Waals surface area contributed by atoms with E-state index in [1.807, 2.05) is 38.1 Å². The van der Waals surface area contributed by atoms with Crippen molar-refractivity contribution in [3.05, 3.63) is 34.6 Å². The molecule has 1 aromatic carbocycles. The molecule has 0 fully saturated rings. The number of nitrogens with zero attached hydrogens (tertiary/aromatic N) is 2. The zero-order valence-corrected chi connectivity index (χ0v) is 13.6. The molecule has 112 valence electrons. The van der Waals surface area contributed by atoms with E-state index in [-0.39, 0.29) is 6.42 Å². The quantitative estimate of drug-likeness (QED) is 0.851. The number of aromatic nitrogens is 2. The Morgan fingerprint density at radius 2 is 2.00 bits per heavy atom. The molecule has 1 heterocycles. The molecule has 5 nitrogen and oxygen atoms in total. The highest BCUT2D eigenvalue weighted by Crippen LogP contribution is 2.32. The van der Waals surface area contributed by atoms with Gasteiger partial charge in [-0.2, -0.15) is 4.98 Å². The molecule has 1 aromatic heterocycles. The van der Waals surface area contributed by atoms with Gasteiger partial charge in [0.15, 0.2) is 0 Å². The lowest BCUT2D eigenvalue weighted by Crippen LogP contribution is -2.32. The Bertz CT molecular complexity index is 635. The first kappa shape index (κ1) is 15.7. The highest BCUT2D eigenvalue weighted by atomic mass is 79.9. The molecule has 1 N–H and O–H groups in total. The molecule has 0 radical (unpaired) electrons. The summed E-state index contributed by atoms with van der Waals surface area (Å²) in [7, 11) is 0. The molecule has 0 saturated carbocycles. The maximum atomic E-state index is 11.5. The Morgan fingerprint density at radius 1 is 1.33 bits per heavy atom. The standard InChI is InChI=1S/C15H17BrN2O3/c1-3-15(4-2,14(19)20)9-12-17-13(18-21-12)10-7-5-6-8-11(10)16/h5-8H,3-4,9H2,1-2H3,(H,19,20). The predicted octanol–water partition coefficient (Wildman–Crippen LogP) is 3.93. The third kappa shape index (κ3) is 3.15. The number of rotatable bonds is 6. The molecule has 0 atom stereocenters. The summed E-state index contributed by atoms with van der Waals surface area (Å²) in [6, 6.07) is 7.56. The minimum absolute atomic E-state index is 0.243. The van der Waals surface area contributed by atoms with Crippen molar-refractivity contribution in [1.82, 2.24) is 10.1 Å². The molecule has 0 bridgehead atoms. The summed E-state index contributed by atoms with van der Waals surface area (Å²) in [5, 5.41) is 13.4. The summed E-state index contributed by atoms with van der Waals surface area (Å²) in [5.74, 6) is -0.0102. The van der Waals surface area contributed by atoms with Gasteiger partial charge >= 0.3 is 5.97 Å². The Morgan fingerprint density at radius 3 is 2.57 bits per heavy atom. The molecule has 0 spiro atoms. The normalized spacial score (nSPS) is 11.6. The largest absolute Gasteiger partial charge is 0.481 e. The highest BCUT2D eigenvalue weighted by molar-refractivity contribution is 9.10. The van der Waals surface area contributed by atoms with Crippen LogP contribution in [0.2, 0.25) is 0 Å². The van der Waals surface area contributed by atoms with Crippen molar-refractivity contribution in [3.63, 3.8) is 0 Å². The number of hydrogen-bond donors (Lipinski definition) is 1. The van der Waals surface area contributed by atoms with Gasteiger partial charge in [0.25, 0.3) is 0 Å². The number of hydrogen-bond acceptors (Lipinski definition) is 4. The van der Waals surface area contributed by atoms with E-state index < -0.39 is 11.4 Å². The number of carboxylic acid groups (broad SMARTS) is 1. The van der Waals surface area contributed by atoms with Crippen molar-refractivity contribution in [2.24, 2.45) is 5.41 Å². The Balaban J connectivity index is 2.28. The Kier molecular flexibility index (Phi) is 4.77. The molecular weight excluding hydrogens is 336 g/mol. The monoisotopic (exact) mass is 352 g/mol. The molecule has 0 amide bonds. The lowest BCUT2D eigenvalue weighted by atomic mass is 9.79. The van der Waals surface area contributed by atoms with Crippen LogP contribution in [0.3, 0.4) is 0 Å². The number of carbonyl (C=O) groups is 1. The average molecular weight is 353 g/mol. The maximum Gasteiger partial charge on any atom is 0.310 e. The molecule has 6 heteroatoms. The molecule has 0 saturated heterocycles. The molecule has 0 unspecified atom stereocenters. The van der Waals surface area contributed by atoms with Crippen LogP contribution in [0, 0.1) is 5.41 Å². The SMILES string of the molecule is CCC(CC)(Cc1nc(-c2ccccc2Br)no1)C(=O)O. The average Bonchev–Trinajstić information content (AvgIpc) is 2.93. The number of benzene rings is 1. The maximum absolute atomic E-state index is 11.5. The lowest BCUT2D eigenvalue weighted by Gasteiger charge is -2.24. The van der Waals surface area contributed by atoms with Crippen molar-refractivity contribution < 1.29 is 14.4 Å². The van der Waals surface area contributed by atoms with Gasteiger partial charge in [0.2, 0.25) is 11.7 Å². The van der Waals surface area contributed by atoms with E-state index in [0.29, 0.717) is 24.6 Å². The van der Waals surface area contributed by atoms with E-state index in [0.717, 1.165) is 10.0 Å². The van der Waals surface area contributed by atoms with Crippen molar-refractivity contribution in [3.8, 4) is 11.4 Å². The molecular formula is C15H17BrN2O3. The highest BCUT2D eigenvalue weighted by Gasteiger charge is 2.37. The minimum atomic E-state index is -0.849. The summed E-state index contributed by atoms with van der Waals surface area (Å²) in [6.45, 7) is 3.73. The van der Waals surface area contributed by atoms with E-state index in [1.54, 1.807) is 0 Å². The van der Waals surface area contributed by atoms with Crippen LogP contribution in [-0.4, -0.2) is 21.2 Å². The van der Waals surface area contributed by atoms with Crippen LogP contribution in [0.1, 0.15) is 32.6 Å². The van der Waals surface area contributed by atoms with E-state index in [4.69, 9.17) is 4.52 Å². The first-order valence-corrected chi connectivity index (χ1v) is 7.62. The molecule has 0 aliphatic rings. The second kappa shape index (κ2) is 6.39. The molecule has 21 heavy (non-hydrogen) atoms. The molecule has 2 aromatic rings. The third-order valence-corrected chi connectivity index (χ3v) is 4.57. The first-order valence-electron chi connectivity index (χ1n) is 6.83. The van der Waals surface area contributed by atoms with Gasteiger partial charge in [0.1, 0.15) is 0 Å². The summed E-state index contributed by atoms with van der Waals surface area (Å²) in [4.78, 5) is 15.9. The van der Waals surface area contributed by atoms with Crippen LogP contribution in [0.4, 0.5) is 0 Å². The predicted molar refractivity (Wildman–Crippen MR) is 81.8 cm³/mol. The summed E-state index contributed by atoms with van der Waals surface area (Å²) in [5.41, 5.74) is -0.0287. The first-order chi connectivity index (χ1) is 10.0. The van der Waals surface area contributed by atoms with Crippen LogP contribution in [-0.2, 0) is 11.2 Å². The van der Waals surface area contributed by atoms with Gasteiger partial charge in [-0.25, -0.2) is 0 Å². The van der Waals surface area contributed by atoms with E-state index in [1.165, 1.54) is 0 Å². The van der Waals surface area contributed by atoms with Gasteiger partial charge in [-0.3, -0.25) is 4.79 Å². The summed E-state index contributed by atoms with van der Waals surface area (Å²) in [6.07, 6.45) is 1.28. The van der Waals surface area contributed by atoms with Gasteiger partial charge in [-0.05, 0) is 25.0 Å². The lowest BCUT2D eigenvalue weighted by molar-refractivity contribution is -0.149. The number of aliphatic carboxylic acids is 1. The van der Waals surface area contributed by atoms with Crippen molar-refractivity contribution in [2.75, 3.05) is 0 Å². The van der Waals surface area contributed by atoms with Crippen molar-refractivity contribution in [1.29, 1.82) is 0 Å². The number of halogens is 1. The van der Waals surface area contributed by atoms with Crippen LogP contribution in [0.5, 0.6) is 0 Å². The topological polar surface area (TPSA) is 76.2 Å². The molecule has 2 rings (SSSR count). The zero-order valence-electron chi connectivity index (χ0n) is 12.0. The van der Waals surface area contributed by atoms with Crippen LogP contribution in [0.15, 0.2) is 33.3 Å². The fourth-order valence-electron chi connectivity index (χ4n) is 2.25. The van der Waals surface area contributed by atoms with Crippen LogP contribution in [0.25, 0.3) is 11.4 Å². The second-order valence-electron chi connectivity index (χ2n) is 4.96. The Labute approximate surface area is 131 Å². The molecule has 0 aliphatic carbocycles. The third-order valence-electron chi connectivity index (χ3n) is 3.88. The Hall–Kier alpha value is -1.69. The summed E-state index contributed by atoms with van der Waals surface area (Å²) >= 11 is 3.44. The van der Waals surface area contributed by atoms with Gasteiger partial charge in [0.05, 0.1) is 5.41 Å². The van der Waals surface area contributed by atoms with Gasteiger partial charge < -0.3 is 9.63 Å². The van der Waals surface area contributed by atoms with Gasteiger partial charge in [0, 0.05) is 16.5 Å². The van der Waals surface area contributed by atoms with Crippen LogP contribution >= 0.6 is 15.9 Å². The van der Waals surface area contributed by atoms with Crippen molar-refractivity contribution >= 4 is 21.9 Å². The van der Waals surface area contributed by atoms with E-state index >= 15 is 0 Å². The minimum Gasteiger partial charge on any atom is -0.481 e. The molecule has 0 aliphatic heterocycles. The number of carboxylic acids is 1. The van der Waals surface area contributed by atoms with Crippen LogP contribution < -0.4 is 0 Å². The van der Waals surface area contributed by atoms with Gasteiger partial charge in [-0.1, -0.05) is 47.1 Å². The van der Waals surface area contributed by atoms with Crippen molar-refractivity contribution in [2.45, 2.75) is 33.1 Å². The van der Waals surface area contributed by atoms with E-state index in [9.17, 15) is 9.90 Å². The fourth-order valence-corrected chi connectivity index (χ4v) is 2.71. The second-order valence-corrected chi connectivity index (χ2v) is 5.82. The smallest absolute Gasteiger partial charge is 0.310 e. The van der Waals surface area contributed by atoms with E-state index in [2.05, 4.69) is 26.1 Å². The zero-order chi connectivity index (χ0) is 15.5. The van der Waals surface area contributed by atoms with Gasteiger partial charge in [-0.15, -0.1) is 0 Å².